The molecule has 1 unspecified atom stereocenters. The molecule has 0 fully saturated rings. The SMILES string of the molecule is Nc1c2c(nn1C(=O)C1CCNc3c(F)cccc31)C[C@H](N)CC2. The van der Waals surface area contributed by atoms with Crippen molar-refractivity contribution in [2.75, 3.05) is 17.6 Å². The maximum absolute atomic E-state index is 14.0. The van der Waals surface area contributed by atoms with Gasteiger partial charge in [0.1, 0.15) is 11.6 Å². The van der Waals surface area contributed by atoms with Crippen LogP contribution < -0.4 is 16.8 Å². The second-order valence-corrected chi connectivity index (χ2v) is 6.54. The Hall–Kier alpha value is -2.41. The van der Waals surface area contributed by atoms with E-state index in [1.807, 2.05) is 0 Å². The number of hydrogen-bond donors (Lipinski definition) is 3. The van der Waals surface area contributed by atoms with Crippen molar-refractivity contribution in [3.8, 4) is 0 Å². The first-order valence-corrected chi connectivity index (χ1v) is 8.24. The van der Waals surface area contributed by atoms with Crippen LogP contribution in [0.15, 0.2) is 18.2 Å². The zero-order chi connectivity index (χ0) is 16.8. The normalized spacial score (nSPS) is 22.4. The number of anilines is 2. The first-order chi connectivity index (χ1) is 11.6. The van der Waals surface area contributed by atoms with Gasteiger partial charge in [0.25, 0.3) is 5.91 Å². The van der Waals surface area contributed by atoms with Gasteiger partial charge in [-0.2, -0.15) is 9.78 Å². The van der Waals surface area contributed by atoms with E-state index in [4.69, 9.17) is 11.5 Å². The van der Waals surface area contributed by atoms with Crippen LogP contribution in [0.25, 0.3) is 0 Å². The smallest absolute Gasteiger partial charge is 0.256 e. The number of fused-ring (bicyclic) bond motifs is 2. The van der Waals surface area contributed by atoms with Crippen molar-refractivity contribution < 1.29 is 9.18 Å². The standard InChI is InChI=1S/C17H20FN5O/c18-13-3-1-2-10-11(6-7-21-15(10)13)17(24)23-16(20)12-5-4-9(19)8-14(12)22-23/h1-3,9,11,21H,4-8,19-20H2/t9-,11?/m1/s1. The summed E-state index contributed by atoms with van der Waals surface area (Å²) < 4.78 is 15.3. The topological polar surface area (TPSA) is 99.0 Å². The molecule has 0 spiro atoms. The van der Waals surface area contributed by atoms with Crippen LogP contribution in [-0.4, -0.2) is 28.3 Å². The van der Waals surface area contributed by atoms with Crippen molar-refractivity contribution in [3.05, 3.63) is 40.8 Å². The summed E-state index contributed by atoms with van der Waals surface area (Å²) >= 11 is 0. The van der Waals surface area contributed by atoms with E-state index in [1.54, 1.807) is 12.1 Å². The molecule has 2 aliphatic rings. The van der Waals surface area contributed by atoms with Gasteiger partial charge in [0, 0.05) is 24.6 Å². The molecule has 7 heteroatoms. The third-order valence-corrected chi connectivity index (χ3v) is 4.99. The number of nitrogens with one attached hydrogen (secondary N) is 1. The van der Waals surface area contributed by atoms with Crippen molar-refractivity contribution in [1.29, 1.82) is 0 Å². The Bertz CT molecular complexity index is 816. The van der Waals surface area contributed by atoms with Crippen LogP contribution in [0.2, 0.25) is 0 Å². The lowest BCUT2D eigenvalue weighted by molar-refractivity contribution is 0.0859. The zero-order valence-corrected chi connectivity index (χ0v) is 13.3. The van der Waals surface area contributed by atoms with E-state index >= 15 is 0 Å². The van der Waals surface area contributed by atoms with E-state index in [2.05, 4.69) is 10.4 Å². The Morgan fingerprint density at radius 3 is 3.04 bits per heavy atom. The Balaban J connectivity index is 1.73. The van der Waals surface area contributed by atoms with Gasteiger partial charge >= 0.3 is 0 Å². The Kier molecular flexibility index (Phi) is 3.53. The predicted molar refractivity (Wildman–Crippen MR) is 89.5 cm³/mol. The minimum atomic E-state index is -0.450. The number of aromatic nitrogens is 2. The maximum Gasteiger partial charge on any atom is 0.256 e. The monoisotopic (exact) mass is 329 g/mol. The van der Waals surface area contributed by atoms with E-state index < -0.39 is 5.92 Å². The van der Waals surface area contributed by atoms with Crippen molar-refractivity contribution in [2.45, 2.75) is 37.6 Å². The van der Waals surface area contributed by atoms with Crippen LogP contribution in [0.1, 0.15) is 40.4 Å². The minimum absolute atomic E-state index is 0.0593. The Morgan fingerprint density at radius 2 is 2.21 bits per heavy atom. The molecule has 1 aliphatic heterocycles. The van der Waals surface area contributed by atoms with Gasteiger partial charge < -0.3 is 16.8 Å². The zero-order valence-electron chi connectivity index (χ0n) is 13.3. The van der Waals surface area contributed by atoms with Crippen LogP contribution in [-0.2, 0) is 12.8 Å². The third kappa shape index (κ3) is 2.27. The van der Waals surface area contributed by atoms with Crippen molar-refractivity contribution in [3.63, 3.8) is 0 Å². The summed E-state index contributed by atoms with van der Waals surface area (Å²) in [6.07, 6.45) is 2.81. The van der Waals surface area contributed by atoms with E-state index in [0.29, 0.717) is 36.5 Å². The van der Waals surface area contributed by atoms with Crippen LogP contribution in [0.4, 0.5) is 15.9 Å². The lowest BCUT2D eigenvalue weighted by Gasteiger charge is -2.26. The summed E-state index contributed by atoms with van der Waals surface area (Å²) in [5, 5.41) is 7.45. The molecule has 0 amide bonds. The molecule has 0 saturated heterocycles. The molecule has 1 aliphatic carbocycles. The van der Waals surface area contributed by atoms with E-state index in [9.17, 15) is 9.18 Å². The summed E-state index contributed by atoms with van der Waals surface area (Å²) in [4.78, 5) is 13.0. The Labute approximate surface area is 139 Å². The number of carbonyl (C=O) groups excluding carboxylic acids is 1. The Morgan fingerprint density at radius 1 is 1.38 bits per heavy atom. The number of nitrogen functional groups attached to an aromatic ring is 1. The molecule has 2 heterocycles. The lowest BCUT2D eigenvalue weighted by atomic mass is 9.90. The van der Waals surface area contributed by atoms with Crippen molar-refractivity contribution in [2.24, 2.45) is 5.73 Å². The van der Waals surface area contributed by atoms with Gasteiger partial charge in [-0.05, 0) is 30.9 Å². The maximum atomic E-state index is 14.0. The third-order valence-electron chi connectivity index (χ3n) is 4.99. The minimum Gasteiger partial charge on any atom is -0.383 e. The second kappa shape index (κ2) is 5.59. The number of nitrogens with zero attached hydrogens (tertiary/aromatic N) is 2. The quantitative estimate of drug-likeness (QED) is 0.739. The number of benzene rings is 1. The van der Waals surface area contributed by atoms with E-state index in [-0.39, 0.29) is 17.8 Å². The largest absolute Gasteiger partial charge is 0.383 e. The molecule has 1 aromatic heterocycles. The van der Waals surface area contributed by atoms with Gasteiger partial charge in [-0.25, -0.2) is 4.39 Å². The fourth-order valence-electron chi connectivity index (χ4n) is 3.71. The fraction of sp³-hybridized carbons (Fsp3) is 0.412. The van der Waals surface area contributed by atoms with Crippen LogP contribution >= 0.6 is 0 Å². The van der Waals surface area contributed by atoms with Gasteiger partial charge in [0.15, 0.2) is 0 Å². The van der Waals surface area contributed by atoms with Gasteiger partial charge in [-0.1, -0.05) is 12.1 Å². The number of rotatable bonds is 1. The summed E-state index contributed by atoms with van der Waals surface area (Å²) in [7, 11) is 0. The summed E-state index contributed by atoms with van der Waals surface area (Å²) in [5.41, 5.74) is 15.0. The molecule has 24 heavy (non-hydrogen) atoms. The van der Waals surface area contributed by atoms with Crippen LogP contribution in [0, 0.1) is 5.82 Å². The molecule has 0 bridgehead atoms. The predicted octanol–water partition coefficient (Wildman–Crippen LogP) is 1.66. The highest BCUT2D eigenvalue weighted by Gasteiger charge is 2.32. The highest BCUT2D eigenvalue weighted by Crippen LogP contribution is 2.35. The molecule has 4 rings (SSSR count). The highest BCUT2D eigenvalue weighted by molar-refractivity contribution is 5.90. The number of hydrogen-bond acceptors (Lipinski definition) is 5. The van der Waals surface area contributed by atoms with Gasteiger partial charge in [0.2, 0.25) is 0 Å². The molecular weight excluding hydrogens is 309 g/mol. The fourth-order valence-corrected chi connectivity index (χ4v) is 3.71. The van der Waals surface area contributed by atoms with Gasteiger partial charge in [-0.3, -0.25) is 4.79 Å². The van der Waals surface area contributed by atoms with Crippen molar-refractivity contribution >= 4 is 17.4 Å². The highest BCUT2D eigenvalue weighted by atomic mass is 19.1. The van der Waals surface area contributed by atoms with Gasteiger partial charge in [-0.15, -0.1) is 0 Å². The second-order valence-electron chi connectivity index (χ2n) is 6.54. The van der Waals surface area contributed by atoms with E-state index in [1.165, 1.54) is 10.7 Å². The summed E-state index contributed by atoms with van der Waals surface area (Å²) in [5.74, 6) is -0.597. The molecule has 1 aromatic carbocycles. The first-order valence-electron chi connectivity index (χ1n) is 8.24. The molecule has 2 atom stereocenters. The van der Waals surface area contributed by atoms with Crippen LogP contribution in [0.3, 0.4) is 0 Å². The van der Waals surface area contributed by atoms with Crippen molar-refractivity contribution in [1.82, 2.24) is 9.78 Å². The van der Waals surface area contributed by atoms with Gasteiger partial charge in [0.05, 0.1) is 17.3 Å². The molecule has 6 nitrogen and oxygen atoms in total. The number of carbonyl (C=O) groups is 1. The number of nitrogens with two attached hydrogens (primary N) is 2. The molecule has 0 saturated carbocycles. The summed E-state index contributed by atoms with van der Waals surface area (Å²) in [6.45, 7) is 0.538. The summed E-state index contributed by atoms with van der Waals surface area (Å²) in [6, 6.07) is 4.85. The van der Waals surface area contributed by atoms with Crippen LogP contribution in [0.5, 0.6) is 0 Å². The molecule has 0 radical (unpaired) electrons. The lowest BCUT2D eigenvalue weighted by Crippen LogP contribution is -2.29. The molecule has 126 valence electrons. The number of halogens is 1. The molecule has 2 aromatic rings. The molecule has 5 N–H and O–H groups in total. The average Bonchev–Trinajstić information content (AvgIpc) is 2.90. The van der Waals surface area contributed by atoms with E-state index in [0.717, 1.165) is 24.1 Å². The molecular formula is C17H20FN5O. The average molecular weight is 329 g/mol. The number of para-hydroxylation sites is 1. The first kappa shape index (κ1) is 15.1.